The van der Waals surface area contributed by atoms with Crippen LogP contribution in [0.5, 0.6) is 5.75 Å². The van der Waals surface area contributed by atoms with Crippen LogP contribution in [0.25, 0.3) is 0 Å². The molecule has 16 heavy (non-hydrogen) atoms. The van der Waals surface area contributed by atoms with Crippen molar-refractivity contribution in [2.24, 2.45) is 5.84 Å². The fourth-order valence-electron chi connectivity index (χ4n) is 1.07. The summed E-state index contributed by atoms with van der Waals surface area (Å²) < 4.78 is 6.52. The van der Waals surface area contributed by atoms with Crippen LogP contribution in [0.15, 0.2) is 28.7 Å². The van der Waals surface area contributed by atoms with E-state index in [0.717, 1.165) is 15.2 Å². The van der Waals surface area contributed by atoms with E-state index < -0.39 is 0 Å². The lowest BCUT2D eigenvalue weighted by Gasteiger charge is -2.03. The van der Waals surface area contributed by atoms with Gasteiger partial charge < -0.3 is 4.74 Å². The highest BCUT2D eigenvalue weighted by Gasteiger charge is 2.03. The molecule has 5 nitrogen and oxygen atoms in total. The number of rotatable bonds is 4. The molecule has 0 radical (unpaired) electrons. The topological polar surface area (TPSA) is 73.1 Å². The number of ether oxygens (including phenoxy) is 1. The summed E-state index contributed by atoms with van der Waals surface area (Å²) in [5.41, 5.74) is 2.44. The Bertz CT molecular complexity index is 476. The van der Waals surface area contributed by atoms with Crippen molar-refractivity contribution in [1.29, 1.82) is 0 Å². The molecule has 0 aliphatic carbocycles. The zero-order valence-corrected chi connectivity index (χ0v) is 10.6. The van der Waals surface area contributed by atoms with Crippen molar-refractivity contribution < 1.29 is 4.74 Å². The van der Waals surface area contributed by atoms with Crippen LogP contribution in [0.2, 0.25) is 0 Å². The average Bonchev–Trinajstić information content (AvgIpc) is 2.74. The Morgan fingerprint density at radius 1 is 1.44 bits per heavy atom. The second-order valence-electron chi connectivity index (χ2n) is 2.89. The molecule has 2 rings (SSSR count). The van der Waals surface area contributed by atoms with Gasteiger partial charge in [0.2, 0.25) is 5.13 Å². The van der Waals surface area contributed by atoms with Crippen molar-refractivity contribution in [2.45, 2.75) is 6.61 Å². The number of halogens is 1. The van der Waals surface area contributed by atoms with Crippen LogP contribution in [0.1, 0.15) is 5.01 Å². The first-order valence-corrected chi connectivity index (χ1v) is 6.06. The number of nitrogen functional groups attached to an aromatic ring is 1. The van der Waals surface area contributed by atoms with E-state index in [4.69, 9.17) is 10.6 Å². The van der Waals surface area contributed by atoms with Gasteiger partial charge in [-0.05, 0) is 18.2 Å². The molecule has 0 unspecified atom stereocenters. The van der Waals surface area contributed by atoms with Gasteiger partial charge in [-0.2, -0.15) is 0 Å². The average molecular weight is 301 g/mol. The van der Waals surface area contributed by atoms with Gasteiger partial charge in [0.1, 0.15) is 12.4 Å². The van der Waals surface area contributed by atoms with Crippen LogP contribution in [-0.2, 0) is 6.61 Å². The van der Waals surface area contributed by atoms with Crippen LogP contribution in [0.3, 0.4) is 0 Å². The first-order valence-electron chi connectivity index (χ1n) is 4.45. The highest BCUT2D eigenvalue weighted by atomic mass is 79.9. The van der Waals surface area contributed by atoms with Crippen molar-refractivity contribution in [1.82, 2.24) is 10.2 Å². The number of nitrogens with zero attached hydrogens (tertiary/aromatic N) is 2. The van der Waals surface area contributed by atoms with Gasteiger partial charge in [-0.1, -0.05) is 33.3 Å². The Morgan fingerprint density at radius 3 is 3.00 bits per heavy atom. The van der Waals surface area contributed by atoms with Crippen LogP contribution >= 0.6 is 27.3 Å². The molecule has 0 fully saturated rings. The maximum Gasteiger partial charge on any atom is 0.219 e. The molecule has 0 saturated heterocycles. The molecular formula is C9H9BrN4OS. The minimum Gasteiger partial charge on any atom is -0.486 e. The summed E-state index contributed by atoms with van der Waals surface area (Å²) in [4.78, 5) is 0. The van der Waals surface area contributed by atoms with Crippen LogP contribution in [0, 0.1) is 0 Å². The first-order chi connectivity index (χ1) is 7.78. The Kier molecular flexibility index (Phi) is 3.70. The molecule has 0 amide bonds. The van der Waals surface area contributed by atoms with E-state index in [0.29, 0.717) is 11.7 Å². The van der Waals surface area contributed by atoms with Gasteiger partial charge in [-0.3, -0.25) is 5.43 Å². The zero-order chi connectivity index (χ0) is 11.4. The molecule has 84 valence electrons. The first kappa shape index (κ1) is 11.3. The van der Waals surface area contributed by atoms with Gasteiger partial charge in [0.05, 0.1) is 0 Å². The Balaban J connectivity index is 1.96. The zero-order valence-electron chi connectivity index (χ0n) is 8.18. The molecule has 1 aromatic carbocycles. The summed E-state index contributed by atoms with van der Waals surface area (Å²) in [7, 11) is 0. The fourth-order valence-corrected chi connectivity index (χ4v) is 2.01. The molecule has 7 heteroatoms. The minimum atomic E-state index is 0.385. The lowest BCUT2D eigenvalue weighted by molar-refractivity contribution is 0.304. The van der Waals surface area contributed by atoms with Crippen molar-refractivity contribution in [2.75, 3.05) is 5.43 Å². The van der Waals surface area contributed by atoms with E-state index in [1.54, 1.807) is 0 Å². The van der Waals surface area contributed by atoms with Gasteiger partial charge in [0.15, 0.2) is 5.01 Å². The van der Waals surface area contributed by atoms with Gasteiger partial charge >= 0.3 is 0 Å². The molecule has 3 N–H and O–H groups in total. The maximum absolute atomic E-state index is 5.54. The highest BCUT2D eigenvalue weighted by Crippen LogP contribution is 2.20. The van der Waals surface area contributed by atoms with Crippen LogP contribution < -0.4 is 16.0 Å². The maximum atomic E-state index is 5.54. The number of hydrogen-bond acceptors (Lipinski definition) is 6. The molecule has 0 saturated carbocycles. The lowest BCUT2D eigenvalue weighted by Crippen LogP contribution is -2.05. The number of nitrogens with two attached hydrogens (primary N) is 1. The van der Waals surface area contributed by atoms with Crippen molar-refractivity contribution in [3.8, 4) is 5.75 Å². The molecule has 0 aliphatic rings. The van der Waals surface area contributed by atoms with Crippen LogP contribution in [0.4, 0.5) is 5.13 Å². The summed E-state index contributed by atoms with van der Waals surface area (Å²) in [5, 5.41) is 9.07. The molecule has 1 aromatic heterocycles. The summed E-state index contributed by atoms with van der Waals surface area (Å²) >= 11 is 4.73. The normalized spacial score (nSPS) is 10.1. The molecular weight excluding hydrogens is 292 g/mol. The molecule has 1 heterocycles. The fraction of sp³-hybridized carbons (Fsp3) is 0.111. The molecule has 0 aliphatic heterocycles. The van der Waals surface area contributed by atoms with Gasteiger partial charge in [0, 0.05) is 4.47 Å². The summed E-state index contributed by atoms with van der Waals surface area (Å²) in [6.07, 6.45) is 0. The second kappa shape index (κ2) is 5.24. The molecule has 0 bridgehead atoms. The largest absolute Gasteiger partial charge is 0.486 e. The highest BCUT2D eigenvalue weighted by molar-refractivity contribution is 9.10. The third-order valence-corrected chi connectivity index (χ3v) is 3.07. The Labute approximate surface area is 105 Å². The minimum absolute atomic E-state index is 0.385. The summed E-state index contributed by atoms with van der Waals surface area (Å²) in [6, 6.07) is 7.62. The van der Waals surface area contributed by atoms with E-state index in [1.165, 1.54) is 11.3 Å². The SMILES string of the molecule is NNc1nnc(COc2cccc(Br)c2)s1. The molecule has 2 aromatic rings. The lowest BCUT2D eigenvalue weighted by atomic mass is 10.3. The van der Waals surface area contributed by atoms with Gasteiger partial charge in [0.25, 0.3) is 0 Å². The van der Waals surface area contributed by atoms with E-state index in [-0.39, 0.29) is 0 Å². The van der Waals surface area contributed by atoms with Crippen LogP contribution in [-0.4, -0.2) is 10.2 Å². The third kappa shape index (κ3) is 2.91. The van der Waals surface area contributed by atoms with Crippen molar-refractivity contribution in [3.63, 3.8) is 0 Å². The second-order valence-corrected chi connectivity index (χ2v) is 4.87. The number of benzene rings is 1. The summed E-state index contributed by atoms with van der Waals surface area (Å²) in [5.74, 6) is 5.99. The number of nitrogens with one attached hydrogen (secondary N) is 1. The monoisotopic (exact) mass is 300 g/mol. The van der Waals surface area contributed by atoms with Crippen molar-refractivity contribution in [3.05, 3.63) is 33.7 Å². The van der Waals surface area contributed by atoms with E-state index in [1.807, 2.05) is 24.3 Å². The predicted molar refractivity (Wildman–Crippen MR) is 66.2 cm³/mol. The predicted octanol–water partition coefficient (Wildman–Crippen LogP) is 2.17. The molecule has 0 atom stereocenters. The number of hydrazine groups is 1. The quantitative estimate of drug-likeness (QED) is 0.669. The Hall–Kier alpha value is -1.18. The smallest absolute Gasteiger partial charge is 0.219 e. The van der Waals surface area contributed by atoms with Crippen molar-refractivity contribution >= 4 is 32.4 Å². The number of aromatic nitrogens is 2. The number of anilines is 1. The third-order valence-electron chi connectivity index (χ3n) is 1.75. The molecule has 0 spiro atoms. The van der Waals surface area contributed by atoms with E-state index >= 15 is 0 Å². The summed E-state index contributed by atoms with van der Waals surface area (Å²) in [6.45, 7) is 0.385. The van der Waals surface area contributed by atoms with Gasteiger partial charge in [-0.25, -0.2) is 5.84 Å². The van der Waals surface area contributed by atoms with Gasteiger partial charge in [-0.15, -0.1) is 10.2 Å². The Morgan fingerprint density at radius 2 is 2.31 bits per heavy atom. The number of hydrogen-bond donors (Lipinski definition) is 2. The standard InChI is InChI=1S/C9H9BrN4OS/c10-6-2-1-3-7(4-6)15-5-8-13-14-9(12-11)16-8/h1-4H,5,11H2,(H,12,14). The van der Waals surface area contributed by atoms with E-state index in [9.17, 15) is 0 Å². The van der Waals surface area contributed by atoms with E-state index in [2.05, 4.69) is 31.6 Å².